The second-order valence-electron chi connectivity index (χ2n) is 6.37. The molecule has 1 aliphatic carbocycles. The Morgan fingerprint density at radius 3 is 2.44 bits per heavy atom. The molecule has 1 unspecified atom stereocenters. The maximum absolute atomic E-state index is 3.70. The van der Waals surface area contributed by atoms with Crippen LogP contribution in [0.5, 0.6) is 0 Å². The Bertz CT molecular complexity index is 187. The molecule has 96 valence electrons. The highest BCUT2D eigenvalue weighted by atomic mass is 14.9. The summed E-state index contributed by atoms with van der Waals surface area (Å²) in [6, 6.07) is 1.41. The summed E-state index contributed by atoms with van der Waals surface area (Å²) >= 11 is 0. The van der Waals surface area contributed by atoms with Crippen LogP contribution >= 0.6 is 0 Å². The van der Waals surface area contributed by atoms with E-state index in [1.807, 2.05) is 0 Å². The van der Waals surface area contributed by atoms with Crippen LogP contribution in [0, 0.1) is 5.41 Å². The van der Waals surface area contributed by atoms with Crippen molar-refractivity contribution in [2.45, 2.75) is 71.9 Å². The predicted octanol–water partition coefficient (Wildman–Crippen LogP) is 2.93. The van der Waals surface area contributed by atoms with Crippen molar-refractivity contribution in [3.8, 4) is 0 Å². The summed E-state index contributed by atoms with van der Waals surface area (Å²) in [4.78, 5) is 0. The van der Waals surface area contributed by atoms with Crippen molar-refractivity contribution >= 4 is 0 Å². The van der Waals surface area contributed by atoms with Gasteiger partial charge in [-0.25, -0.2) is 0 Å². The van der Waals surface area contributed by atoms with E-state index in [1.54, 1.807) is 0 Å². The lowest BCUT2D eigenvalue weighted by atomic mass is 9.92. The van der Waals surface area contributed by atoms with Gasteiger partial charge in [-0.1, -0.05) is 27.7 Å². The summed E-state index contributed by atoms with van der Waals surface area (Å²) in [6.07, 6.45) is 6.71. The Morgan fingerprint density at radius 2 is 1.88 bits per heavy atom. The SMILES string of the molecule is CC(C)NCCCCNC1CCC(C)(C)C1. The molecule has 0 saturated heterocycles. The van der Waals surface area contributed by atoms with Crippen LogP contribution in [0.15, 0.2) is 0 Å². The summed E-state index contributed by atoms with van der Waals surface area (Å²) in [7, 11) is 0. The largest absolute Gasteiger partial charge is 0.315 e. The van der Waals surface area contributed by atoms with E-state index in [9.17, 15) is 0 Å². The van der Waals surface area contributed by atoms with Gasteiger partial charge in [-0.2, -0.15) is 0 Å². The van der Waals surface area contributed by atoms with Crippen LogP contribution in [-0.4, -0.2) is 25.2 Å². The average Bonchev–Trinajstić information content (AvgIpc) is 2.51. The van der Waals surface area contributed by atoms with Crippen LogP contribution in [0.3, 0.4) is 0 Å². The van der Waals surface area contributed by atoms with E-state index in [2.05, 4.69) is 38.3 Å². The molecular formula is C14H30N2. The topological polar surface area (TPSA) is 24.1 Å². The van der Waals surface area contributed by atoms with E-state index in [4.69, 9.17) is 0 Å². The Kier molecular flexibility index (Phi) is 5.77. The molecule has 2 nitrogen and oxygen atoms in total. The molecule has 1 fully saturated rings. The minimum atomic E-state index is 0.580. The summed E-state index contributed by atoms with van der Waals surface area (Å²) in [6.45, 7) is 11.6. The lowest BCUT2D eigenvalue weighted by molar-refractivity contribution is 0.363. The first kappa shape index (κ1) is 14.0. The molecule has 1 aliphatic rings. The third-order valence-corrected chi connectivity index (χ3v) is 3.56. The maximum atomic E-state index is 3.70. The summed E-state index contributed by atoms with van der Waals surface area (Å²) < 4.78 is 0. The molecule has 2 N–H and O–H groups in total. The van der Waals surface area contributed by atoms with E-state index in [1.165, 1.54) is 38.6 Å². The smallest absolute Gasteiger partial charge is 0.00723 e. The van der Waals surface area contributed by atoms with Gasteiger partial charge in [0, 0.05) is 12.1 Å². The van der Waals surface area contributed by atoms with Crippen molar-refractivity contribution < 1.29 is 0 Å². The van der Waals surface area contributed by atoms with Crippen molar-refractivity contribution in [2.24, 2.45) is 5.41 Å². The Morgan fingerprint density at radius 1 is 1.19 bits per heavy atom. The van der Waals surface area contributed by atoms with Gasteiger partial charge in [0.05, 0.1) is 0 Å². The van der Waals surface area contributed by atoms with Gasteiger partial charge in [0.15, 0.2) is 0 Å². The highest BCUT2D eigenvalue weighted by Crippen LogP contribution is 2.36. The van der Waals surface area contributed by atoms with Crippen LogP contribution in [0.4, 0.5) is 0 Å². The highest BCUT2D eigenvalue weighted by molar-refractivity contribution is 4.86. The van der Waals surface area contributed by atoms with Gasteiger partial charge >= 0.3 is 0 Å². The lowest BCUT2D eigenvalue weighted by Crippen LogP contribution is -2.29. The third-order valence-electron chi connectivity index (χ3n) is 3.56. The molecule has 0 amide bonds. The first-order valence-corrected chi connectivity index (χ1v) is 6.96. The van der Waals surface area contributed by atoms with Crippen molar-refractivity contribution in [1.82, 2.24) is 10.6 Å². The molecule has 0 aromatic heterocycles. The van der Waals surface area contributed by atoms with Crippen molar-refractivity contribution in [2.75, 3.05) is 13.1 Å². The molecule has 2 heteroatoms. The molecule has 0 aromatic carbocycles. The molecule has 0 radical (unpaired) electrons. The standard InChI is InChI=1S/C14H30N2/c1-12(2)15-9-5-6-10-16-13-7-8-14(3,4)11-13/h12-13,15-16H,5-11H2,1-4H3. The van der Waals surface area contributed by atoms with E-state index >= 15 is 0 Å². The molecule has 1 atom stereocenters. The zero-order valence-corrected chi connectivity index (χ0v) is 11.6. The first-order valence-electron chi connectivity index (χ1n) is 6.96. The minimum Gasteiger partial charge on any atom is -0.315 e. The molecule has 0 aromatic rings. The van der Waals surface area contributed by atoms with Gasteiger partial charge in [-0.3, -0.25) is 0 Å². The fourth-order valence-electron chi connectivity index (χ4n) is 2.56. The van der Waals surface area contributed by atoms with Crippen molar-refractivity contribution in [3.63, 3.8) is 0 Å². The van der Waals surface area contributed by atoms with Gasteiger partial charge in [0.2, 0.25) is 0 Å². The predicted molar refractivity (Wildman–Crippen MR) is 71.8 cm³/mol. The highest BCUT2D eigenvalue weighted by Gasteiger charge is 2.30. The zero-order chi connectivity index (χ0) is 12.0. The van der Waals surface area contributed by atoms with E-state index < -0.39 is 0 Å². The Labute approximate surface area is 102 Å². The van der Waals surface area contributed by atoms with Gasteiger partial charge in [-0.05, 0) is 50.6 Å². The number of hydrogen-bond donors (Lipinski definition) is 2. The fraction of sp³-hybridized carbons (Fsp3) is 1.00. The van der Waals surface area contributed by atoms with Crippen LogP contribution < -0.4 is 10.6 Å². The number of unbranched alkanes of at least 4 members (excludes halogenated alkanes) is 1. The van der Waals surface area contributed by atoms with Crippen LogP contribution in [0.2, 0.25) is 0 Å². The van der Waals surface area contributed by atoms with Crippen molar-refractivity contribution in [1.29, 1.82) is 0 Å². The molecule has 0 aliphatic heterocycles. The Balaban J connectivity index is 1.92. The molecule has 16 heavy (non-hydrogen) atoms. The summed E-state index contributed by atoms with van der Waals surface area (Å²) in [5.41, 5.74) is 0.580. The molecule has 0 spiro atoms. The maximum Gasteiger partial charge on any atom is 0.00723 e. The van der Waals surface area contributed by atoms with Gasteiger partial charge in [-0.15, -0.1) is 0 Å². The van der Waals surface area contributed by atoms with Crippen molar-refractivity contribution in [3.05, 3.63) is 0 Å². The number of hydrogen-bond acceptors (Lipinski definition) is 2. The average molecular weight is 226 g/mol. The van der Waals surface area contributed by atoms with E-state index in [0.717, 1.165) is 12.6 Å². The Hall–Kier alpha value is -0.0800. The monoisotopic (exact) mass is 226 g/mol. The summed E-state index contributed by atoms with van der Waals surface area (Å²) in [5, 5.41) is 7.16. The fourth-order valence-corrected chi connectivity index (χ4v) is 2.56. The normalized spacial score (nSPS) is 24.2. The third kappa shape index (κ3) is 5.86. The number of nitrogens with one attached hydrogen (secondary N) is 2. The van der Waals surface area contributed by atoms with Crippen LogP contribution in [0.25, 0.3) is 0 Å². The summed E-state index contributed by atoms with van der Waals surface area (Å²) in [5.74, 6) is 0. The van der Waals surface area contributed by atoms with Crippen LogP contribution in [-0.2, 0) is 0 Å². The zero-order valence-electron chi connectivity index (χ0n) is 11.6. The first-order chi connectivity index (χ1) is 7.49. The molecule has 1 rings (SSSR count). The number of rotatable bonds is 7. The van der Waals surface area contributed by atoms with Gasteiger partial charge in [0.25, 0.3) is 0 Å². The molecule has 1 saturated carbocycles. The van der Waals surface area contributed by atoms with Gasteiger partial charge in [0.1, 0.15) is 0 Å². The second-order valence-corrected chi connectivity index (χ2v) is 6.37. The molecule has 0 bridgehead atoms. The van der Waals surface area contributed by atoms with Crippen LogP contribution in [0.1, 0.15) is 59.8 Å². The minimum absolute atomic E-state index is 0.580. The van der Waals surface area contributed by atoms with E-state index in [0.29, 0.717) is 11.5 Å². The molecule has 0 heterocycles. The quantitative estimate of drug-likeness (QED) is 0.652. The lowest BCUT2D eigenvalue weighted by Gasteiger charge is -2.18. The second kappa shape index (κ2) is 6.61. The van der Waals surface area contributed by atoms with E-state index in [-0.39, 0.29) is 0 Å². The van der Waals surface area contributed by atoms with Gasteiger partial charge < -0.3 is 10.6 Å². The molecular weight excluding hydrogens is 196 g/mol.